The van der Waals surface area contributed by atoms with Gasteiger partial charge in [0, 0.05) is 18.3 Å². The van der Waals surface area contributed by atoms with Gasteiger partial charge in [-0.1, -0.05) is 0 Å². The molecule has 1 N–H and O–H groups in total. The monoisotopic (exact) mass is 323 g/mol. The number of rotatable bonds is 4. The van der Waals surface area contributed by atoms with Crippen LogP contribution in [-0.4, -0.2) is 29.5 Å². The molecular weight excluding hydrogens is 306 g/mol. The summed E-state index contributed by atoms with van der Waals surface area (Å²) in [5.41, 5.74) is 4.17. The lowest BCUT2D eigenvalue weighted by molar-refractivity contribution is 0.529. The number of hydrogen-bond acceptors (Lipinski definition) is 6. The first-order chi connectivity index (χ1) is 11.6. The Kier molecular flexibility index (Phi) is 3.30. The maximum atomic E-state index is 5.16. The zero-order valence-corrected chi connectivity index (χ0v) is 13.6. The molecule has 4 rings (SSSR count). The second-order valence-electron chi connectivity index (χ2n) is 5.82. The van der Waals surface area contributed by atoms with Crippen molar-refractivity contribution in [1.29, 1.82) is 0 Å². The Balaban J connectivity index is 1.81. The fourth-order valence-electron chi connectivity index (χ4n) is 2.53. The van der Waals surface area contributed by atoms with E-state index in [1.165, 1.54) is 6.33 Å². The fraction of sp³-hybridized carbons (Fsp3) is 0.250. The number of nitrogens with zero attached hydrogens (tertiary/aromatic N) is 6. The molecule has 122 valence electrons. The van der Waals surface area contributed by atoms with Crippen LogP contribution in [0, 0.1) is 6.92 Å². The van der Waals surface area contributed by atoms with E-state index in [-0.39, 0.29) is 0 Å². The van der Waals surface area contributed by atoms with Gasteiger partial charge in [-0.25, -0.2) is 14.6 Å². The molecule has 4 aromatic rings. The average Bonchev–Trinajstić information content (AvgIpc) is 3.27. The molecule has 0 radical (unpaired) electrons. The third-order valence-electron chi connectivity index (χ3n) is 3.81. The Bertz CT molecular complexity index is 981. The molecule has 0 bridgehead atoms. The molecule has 0 saturated heterocycles. The fourth-order valence-corrected chi connectivity index (χ4v) is 2.53. The zero-order chi connectivity index (χ0) is 16.7. The Labute approximate surface area is 138 Å². The highest BCUT2D eigenvalue weighted by Gasteiger charge is 2.15. The highest BCUT2D eigenvalue weighted by Crippen LogP contribution is 2.27. The third-order valence-corrected chi connectivity index (χ3v) is 3.81. The van der Waals surface area contributed by atoms with Gasteiger partial charge in [-0.05, 0) is 20.8 Å². The van der Waals surface area contributed by atoms with E-state index in [2.05, 4.69) is 39.3 Å². The highest BCUT2D eigenvalue weighted by molar-refractivity contribution is 5.88. The lowest BCUT2D eigenvalue weighted by Gasteiger charge is -2.07. The summed E-state index contributed by atoms with van der Waals surface area (Å²) in [4.78, 5) is 8.67. The van der Waals surface area contributed by atoms with E-state index >= 15 is 0 Å². The van der Waals surface area contributed by atoms with Crippen LogP contribution in [0.15, 0.2) is 41.7 Å². The van der Waals surface area contributed by atoms with E-state index in [1.807, 2.05) is 23.9 Å². The molecule has 0 amide bonds. The molecule has 0 saturated carbocycles. The van der Waals surface area contributed by atoms with E-state index < -0.39 is 0 Å². The lowest BCUT2D eigenvalue weighted by Crippen LogP contribution is -2.01. The maximum Gasteiger partial charge on any atom is 0.160 e. The lowest BCUT2D eigenvalue weighted by atomic mass is 10.3. The summed E-state index contributed by atoms with van der Waals surface area (Å²) < 4.78 is 8.83. The summed E-state index contributed by atoms with van der Waals surface area (Å²) in [5, 5.41) is 12.3. The van der Waals surface area contributed by atoms with Crippen LogP contribution in [0.4, 0.5) is 11.5 Å². The number of fused-ring (bicyclic) bond motifs is 1. The molecule has 24 heavy (non-hydrogen) atoms. The van der Waals surface area contributed by atoms with Crippen molar-refractivity contribution in [3.63, 3.8) is 0 Å². The van der Waals surface area contributed by atoms with Gasteiger partial charge < -0.3 is 9.73 Å². The molecule has 4 heterocycles. The molecule has 0 aliphatic rings. The average molecular weight is 323 g/mol. The first-order valence-electron chi connectivity index (χ1n) is 7.67. The van der Waals surface area contributed by atoms with Gasteiger partial charge in [0.05, 0.1) is 23.8 Å². The van der Waals surface area contributed by atoms with Crippen LogP contribution in [0.3, 0.4) is 0 Å². The number of nitrogens with one attached hydrogen (secondary N) is 1. The quantitative estimate of drug-likeness (QED) is 0.620. The maximum absolute atomic E-state index is 5.16. The molecule has 8 nitrogen and oxygen atoms in total. The van der Waals surface area contributed by atoms with Gasteiger partial charge in [-0.2, -0.15) is 10.2 Å². The minimum absolute atomic E-state index is 0.293. The predicted molar refractivity (Wildman–Crippen MR) is 89.6 cm³/mol. The first kappa shape index (κ1) is 14.4. The molecule has 0 spiro atoms. The van der Waals surface area contributed by atoms with E-state index in [1.54, 1.807) is 23.4 Å². The van der Waals surface area contributed by atoms with Crippen molar-refractivity contribution in [1.82, 2.24) is 29.5 Å². The third kappa shape index (κ3) is 2.32. The Morgan fingerprint density at radius 2 is 2.12 bits per heavy atom. The van der Waals surface area contributed by atoms with Crippen molar-refractivity contribution in [2.75, 3.05) is 5.32 Å². The molecule has 0 aromatic carbocycles. The molecule has 0 unspecified atom stereocenters. The second-order valence-corrected chi connectivity index (χ2v) is 5.82. The molecule has 0 aliphatic heterocycles. The van der Waals surface area contributed by atoms with Crippen molar-refractivity contribution in [3.8, 4) is 5.69 Å². The van der Waals surface area contributed by atoms with E-state index in [9.17, 15) is 0 Å². The summed E-state index contributed by atoms with van der Waals surface area (Å²) in [5.74, 6) is 0.671. The van der Waals surface area contributed by atoms with E-state index in [0.717, 1.165) is 28.1 Å². The van der Waals surface area contributed by atoms with Crippen molar-refractivity contribution in [2.24, 2.45) is 0 Å². The van der Waals surface area contributed by atoms with Gasteiger partial charge in [0.1, 0.15) is 29.3 Å². The summed E-state index contributed by atoms with van der Waals surface area (Å²) in [7, 11) is 0. The van der Waals surface area contributed by atoms with Gasteiger partial charge >= 0.3 is 0 Å². The van der Waals surface area contributed by atoms with Crippen LogP contribution < -0.4 is 5.32 Å². The molecule has 8 heteroatoms. The van der Waals surface area contributed by atoms with Gasteiger partial charge in [0.2, 0.25) is 0 Å². The van der Waals surface area contributed by atoms with E-state index in [4.69, 9.17) is 4.42 Å². The molecule has 0 fully saturated rings. The molecule has 0 atom stereocenters. The summed E-state index contributed by atoms with van der Waals surface area (Å²) in [6, 6.07) is 2.13. The van der Waals surface area contributed by atoms with Crippen molar-refractivity contribution in [3.05, 3.63) is 43.0 Å². The normalized spacial score (nSPS) is 11.5. The Hall–Kier alpha value is -3.16. The minimum Gasteiger partial charge on any atom is -0.470 e. The van der Waals surface area contributed by atoms with Gasteiger partial charge in [0.15, 0.2) is 5.82 Å². The predicted octanol–water partition coefficient (Wildman–Crippen LogP) is 3.24. The standard InChI is InChI=1S/C16H17N7O/c1-10(2)22-7-14(11(3)21-22)20-16-15-13(17-9-18-16)6-19-23(15)12-4-5-24-8-12/h4-10H,1-3H3,(H,17,18,20). The van der Waals surface area contributed by atoms with Gasteiger partial charge in [-0.3, -0.25) is 4.68 Å². The number of hydrogen-bond donors (Lipinski definition) is 1. The highest BCUT2D eigenvalue weighted by atomic mass is 16.3. The molecule has 0 aliphatic carbocycles. The Morgan fingerprint density at radius 3 is 2.83 bits per heavy atom. The van der Waals surface area contributed by atoms with Crippen LogP contribution in [-0.2, 0) is 0 Å². The van der Waals surface area contributed by atoms with Crippen molar-refractivity contribution < 1.29 is 4.42 Å². The second kappa shape index (κ2) is 5.48. The summed E-state index contributed by atoms with van der Waals surface area (Å²) in [6.45, 7) is 6.15. The van der Waals surface area contributed by atoms with E-state index in [0.29, 0.717) is 11.9 Å². The van der Waals surface area contributed by atoms with Gasteiger partial charge in [0.25, 0.3) is 0 Å². The smallest absolute Gasteiger partial charge is 0.160 e. The van der Waals surface area contributed by atoms with Crippen LogP contribution >= 0.6 is 0 Å². The SMILES string of the molecule is Cc1nn(C(C)C)cc1Nc1ncnc2cnn(-c3ccoc3)c12. The van der Waals surface area contributed by atoms with Crippen LogP contribution in [0.5, 0.6) is 0 Å². The van der Waals surface area contributed by atoms with Crippen LogP contribution in [0.25, 0.3) is 16.7 Å². The largest absolute Gasteiger partial charge is 0.470 e. The Morgan fingerprint density at radius 1 is 1.25 bits per heavy atom. The topological polar surface area (TPSA) is 86.6 Å². The van der Waals surface area contributed by atoms with Crippen LogP contribution in [0.1, 0.15) is 25.6 Å². The van der Waals surface area contributed by atoms with Crippen molar-refractivity contribution >= 4 is 22.5 Å². The zero-order valence-electron chi connectivity index (χ0n) is 13.6. The number of aromatic nitrogens is 6. The summed E-state index contributed by atoms with van der Waals surface area (Å²) in [6.07, 6.45) is 8.45. The number of furan rings is 1. The summed E-state index contributed by atoms with van der Waals surface area (Å²) >= 11 is 0. The first-order valence-corrected chi connectivity index (χ1v) is 7.67. The van der Waals surface area contributed by atoms with Gasteiger partial charge in [-0.15, -0.1) is 0 Å². The molecular formula is C16H17N7O. The number of aryl methyl sites for hydroxylation is 1. The minimum atomic E-state index is 0.293. The van der Waals surface area contributed by atoms with Crippen molar-refractivity contribution in [2.45, 2.75) is 26.8 Å². The van der Waals surface area contributed by atoms with Crippen LogP contribution in [0.2, 0.25) is 0 Å². The number of anilines is 2. The molecule has 4 aromatic heterocycles.